The molecule has 0 atom stereocenters. The van der Waals surface area contributed by atoms with Crippen LogP contribution in [-0.4, -0.2) is 9.97 Å². The number of para-hydroxylation sites is 1. The van der Waals surface area contributed by atoms with Crippen molar-refractivity contribution >= 4 is 10.9 Å². The van der Waals surface area contributed by atoms with Gasteiger partial charge in [0, 0.05) is 5.56 Å². The van der Waals surface area contributed by atoms with Crippen LogP contribution in [0.25, 0.3) is 33.4 Å². The number of aromatic amines is 1. The molecule has 0 unspecified atom stereocenters. The van der Waals surface area contributed by atoms with Crippen molar-refractivity contribution in [2.75, 3.05) is 0 Å². The minimum atomic E-state index is -4.43. The van der Waals surface area contributed by atoms with E-state index < -0.39 is 11.7 Å². The Hall–Kier alpha value is -3.41. The third-order valence-electron chi connectivity index (χ3n) is 4.30. The molecule has 4 aromatic rings. The summed E-state index contributed by atoms with van der Waals surface area (Å²) in [5.74, 6) is 0.312. The number of alkyl halides is 3. The average molecular weight is 366 g/mol. The molecule has 0 fully saturated rings. The SMILES string of the molecule is O=c1[nH]c(-c2ccccc2-c2cccc(C(F)(F)F)c2)nc2ccccc12. The van der Waals surface area contributed by atoms with E-state index in [2.05, 4.69) is 9.97 Å². The van der Waals surface area contributed by atoms with E-state index in [4.69, 9.17) is 0 Å². The quantitative estimate of drug-likeness (QED) is 0.525. The van der Waals surface area contributed by atoms with Crippen LogP contribution < -0.4 is 5.56 Å². The molecule has 1 heterocycles. The number of halogens is 3. The molecule has 134 valence electrons. The molecule has 0 spiro atoms. The van der Waals surface area contributed by atoms with Gasteiger partial charge in [-0.05, 0) is 35.4 Å². The van der Waals surface area contributed by atoms with Gasteiger partial charge in [0.05, 0.1) is 16.5 Å². The van der Waals surface area contributed by atoms with E-state index in [9.17, 15) is 18.0 Å². The molecular weight excluding hydrogens is 353 g/mol. The largest absolute Gasteiger partial charge is 0.416 e. The Kier molecular flexibility index (Phi) is 4.03. The van der Waals surface area contributed by atoms with Crippen LogP contribution in [0.4, 0.5) is 13.2 Å². The monoisotopic (exact) mass is 366 g/mol. The van der Waals surface area contributed by atoms with Gasteiger partial charge in [0.25, 0.3) is 5.56 Å². The van der Waals surface area contributed by atoms with Gasteiger partial charge < -0.3 is 4.98 Å². The van der Waals surface area contributed by atoms with Crippen molar-refractivity contribution in [2.24, 2.45) is 0 Å². The highest BCUT2D eigenvalue weighted by molar-refractivity contribution is 5.84. The van der Waals surface area contributed by atoms with Crippen LogP contribution in [0, 0.1) is 0 Å². The van der Waals surface area contributed by atoms with Crippen LogP contribution >= 0.6 is 0 Å². The lowest BCUT2D eigenvalue weighted by Crippen LogP contribution is -2.09. The van der Waals surface area contributed by atoms with Gasteiger partial charge in [-0.25, -0.2) is 4.98 Å². The molecule has 0 saturated carbocycles. The van der Waals surface area contributed by atoms with Crippen molar-refractivity contribution in [1.82, 2.24) is 9.97 Å². The zero-order valence-corrected chi connectivity index (χ0v) is 13.9. The van der Waals surface area contributed by atoms with Gasteiger partial charge in [-0.2, -0.15) is 13.2 Å². The van der Waals surface area contributed by atoms with Crippen molar-refractivity contribution < 1.29 is 13.2 Å². The van der Waals surface area contributed by atoms with E-state index in [0.29, 0.717) is 33.4 Å². The Bertz CT molecular complexity index is 1200. The lowest BCUT2D eigenvalue weighted by Gasteiger charge is -2.12. The second kappa shape index (κ2) is 6.39. The van der Waals surface area contributed by atoms with Crippen LogP contribution in [0.5, 0.6) is 0 Å². The predicted octanol–water partition coefficient (Wildman–Crippen LogP) is 5.28. The Balaban J connectivity index is 1.92. The molecule has 27 heavy (non-hydrogen) atoms. The second-order valence-corrected chi connectivity index (χ2v) is 6.06. The number of hydrogen-bond acceptors (Lipinski definition) is 2. The Morgan fingerprint density at radius 2 is 1.52 bits per heavy atom. The molecule has 3 nitrogen and oxygen atoms in total. The zero-order valence-electron chi connectivity index (χ0n) is 13.9. The third-order valence-corrected chi connectivity index (χ3v) is 4.30. The van der Waals surface area contributed by atoms with E-state index in [1.165, 1.54) is 6.07 Å². The lowest BCUT2D eigenvalue weighted by molar-refractivity contribution is -0.137. The molecule has 1 aromatic heterocycles. The van der Waals surface area contributed by atoms with Gasteiger partial charge in [0.1, 0.15) is 5.82 Å². The summed E-state index contributed by atoms with van der Waals surface area (Å²) >= 11 is 0. The van der Waals surface area contributed by atoms with Crippen LogP contribution in [0.2, 0.25) is 0 Å². The molecule has 6 heteroatoms. The minimum Gasteiger partial charge on any atom is -0.306 e. The first kappa shape index (κ1) is 17.0. The maximum Gasteiger partial charge on any atom is 0.416 e. The average Bonchev–Trinajstić information content (AvgIpc) is 2.67. The predicted molar refractivity (Wildman–Crippen MR) is 98.2 cm³/mol. The fourth-order valence-electron chi connectivity index (χ4n) is 3.02. The second-order valence-electron chi connectivity index (χ2n) is 6.06. The van der Waals surface area contributed by atoms with Gasteiger partial charge in [-0.15, -0.1) is 0 Å². The van der Waals surface area contributed by atoms with Gasteiger partial charge in [0.2, 0.25) is 0 Å². The molecule has 3 aromatic carbocycles. The van der Waals surface area contributed by atoms with Crippen molar-refractivity contribution in [1.29, 1.82) is 0 Å². The van der Waals surface area contributed by atoms with Crippen molar-refractivity contribution in [2.45, 2.75) is 6.18 Å². The highest BCUT2D eigenvalue weighted by Crippen LogP contribution is 2.35. The molecule has 0 aliphatic rings. The number of nitrogens with one attached hydrogen (secondary N) is 1. The molecule has 0 bridgehead atoms. The van der Waals surface area contributed by atoms with Crippen LogP contribution in [0.15, 0.2) is 77.6 Å². The van der Waals surface area contributed by atoms with E-state index in [0.717, 1.165) is 12.1 Å². The minimum absolute atomic E-state index is 0.297. The third kappa shape index (κ3) is 3.21. The molecular formula is C21H13F3N2O. The number of aromatic nitrogens is 2. The van der Waals surface area contributed by atoms with Crippen LogP contribution in [-0.2, 0) is 6.18 Å². The maximum atomic E-state index is 13.1. The summed E-state index contributed by atoms with van der Waals surface area (Å²) in [6, 6.07) is 18.9. The first-order valence-corrected chi connectivity index (χ1v) is 8.19. The fraction of sp³-hybridized carbons (Fsp3) is 0.0476. The first-order valence-electron chi connectivity index (χ1n) is 8.19. The highest BCUT2D eigenvalue weighted by atomic mass is 19.4. The summed E-state index contributed by atoms with van der Waals surface area (Å²) in [6.45, 7) is 0. The summed E-state index contributed by atoms with van der Waals surface area (Å²) in [5, 5.41) is 0.456. The van der Waals surface area contributed by atoms with Crippen molar-refractivity contribution in [3.05, 3.63) is 88.7 Å². The standard InChI is InChI=1S/C21H13F3N2O/c22-21(23,24)14-7-5-6-13(12-14)15-8-1-2-9-16(15)19-25-18-11-4-3-10-17(18)20(27)26-19/h1-12H,(H,25,26,27). The highest BCUT2D eigenvalue weighted by Gasteiger charge is 2.30. The number of fused-ring (bicyclic) bond motifs is 1. The lowest BCUT2D eigenvalue weighted by atomic mass is 9.97. The number of H-pyrrole nitrogens is 1. The van der Waals surface area contributed by atoms with Crippen LogP contribution in [0.1, 0.15) is 5.56 Å². The Morgan fingerprint density at radius 3 is 2.30 bits per heavy atom. The number of hydrogen-bond donors (Lipinski definition) is 1. The van der Waals surface area contributed by atoms with Gasteiger partial charge >= 0.3 is 6.18 Å². The summed E-state index contributed by atoms with van der Waals surface area (Å²) in [5.41, 5.74) is 1.01. The number of benzene rings is 3. The molecule has 4 rings (SSSR count). The topological polar surface area (TPSA) is 45.8 Å². The Labute approximate surface area is 152 Å². The first-order chi connectivity index (χ1) is 12.9. The summed E-state index contributed by atoms with van der Waals surface area (Å²) < 4.78 is 39.2. The molecule has 0 aliphatic heterocycles. The summed E-state index contributed by atoms with van der Waals surface area (Å²) in [7, 11) is 0. The summed E-state index contributed by atoms with van der Waals surface area (Å²) in [6.07, 6.45) is -4.43. The van der Waals surface area contributed by atoms with Crippen molar-refractivity contribution in [3.63, 3.8) is 0 Å². The molecule has 1 N–H and O–H groups in total. The number of nitrogens with zero attached hydrogens (tertiary/aromatic N) is 1. The number of rotatable bonds is 2. The smallest absolute Gasteiger partial charge is 0.306 e. The Morgan fingerprint density at radius 1 is 0.815 bits per heavy atom. The normalized spacial score (nSPS) is 11.7. The van der Waals surface area contributed by atoms with E-state index in [1.807, 2.05) is 0 Å². The summed E-state index contributed by atoms with van der Waals surface area (Å²) in [4.78, 5) is 19.6. The van der Waals surface area contributed by atoms with Crippen molar-refractivity contribution in [3.8, 4) is 22.5 Å². The van der Waals surface area contributed by atoms with Gasteiger partial charge in [0.15, 0.2) is 0 Å². The molecule has 0 saturated heterocycles. The van der Waals surface area contributed by atoms with Gasteiger partial charge in [-0.1, -0.05) is 48.5 Å². The van der Waals surface area contributed by atoms with E-state index >= 15 is 0 Å². The molecule has 0 amide bonds. The fourth-order valence-corrected chi connectivity index (χ4v) is 3.02. The van der Waals surface area contributed by atoms with E-state index in [1.54, 1.807) is 54.6 Å². The maximum absolute atomic E-state index is 13.1. The van der Waals surface area contributed by atoms with Gasteiger partial charge in [-0.3, -0.25) is 4.79 Å². The van der Waals surface area contributed by atoms with E-state index in [-0.39, 0.29) is 5.56 Å². The molecule has 0 aliphatic carbocycles. The molecule has 0 radical (unpaired) electrons. The van der Waals surface area contributed by atoms with Crippen LogP contribution in [0.3, 0.4) is 0 Å². The zero-order chi connectivity index (χ0) is 19.0.